The molecule has 3 N–H and O–H groups in total. The number of nitrogens with zero attached hydrogens (tertiary/aromatic N) is 3. The standard InChI is InChI=1S/C19H30FN5/c1-5-8-9-10-22-18-17-16(23-19(21)24-18)15(20)12-25(17)11-14(7-3)13(4)6-2/h7,12-13H,5-6,8-11H2,1-4H3,(H3,21,22,23,24). The molecule has 138 valence electrons. The van der Waals surface area contributed by atoms with Gasteiger partial charge in [0.05, 0.1) is 0 Å². The molecule has 0 spiro atoms. The van der Waals surface area contributed by atoms with Gasteiger partial charge in [-0.05, 0) is 25.7 Å². The quantitative estimate of drug-likeness (QED) is 0.507. The third kappa shape index (κ3) is 4.50. The molecule has 0 aliphatic heterocycles. The molecule has 0 saturated carbocycles. The van der Waals surface area contributed by atoms with Crippen LogP contribution in [0.2, 0.25) is 0 Å². The largest absolute Gasteiger partial charge is 0.368 e. The summed E-state index contributed by atoms with van der Waals surface area (Å²) in [4.78, 5) is 8.43. The zero-order valence-corrected chi connectivity index (χ0v) is 15.8. The van der Waals surface area contributed by atoms with E-state index in [0.717, 1.165) is 32.2 Å². The van der Waals surface area contributed by atoms with Crippen LogP contribution in [0.25, 0.3) is 11.0 Å². The van der Waals surface area contributed by atoms with Gasteiger partial charge in [-0.25, -0.2) is 9.37 Å². The van der Waals surface area contributed by atoms with Crippen LogP contribution in [0, 0.1) is 11.7 Å². The number of unbranched alkanes of at least 4 members (excludes halogenated alkanes) is 2. The Labute approximate surface area is 149 Å². The predicted octanol–water partition coefficient (Wildman–Crippen LogP) is 4.75. The van der Waals surface area contributed by atoms with Gasteiger partial charge in [0.25, 0.3) is 0 Å². The van der Waals surface area contributed by atoms with Crippen molar-refractivity contribution in [2.45, 2.75) is 59.9 Å². The van der Waals surface area contributed by atoms with Crippen LogP contribution in [0.5, 0.6) is 0 Å². The molecule has 0 radical (unpaired) electrons. The van der Waals surface area contributed by atoms with Crippen LogP contribution in [-0.4, -0.2) is 21.1 Å². The number of hydrogen-bond acceptors (Lipinski definition) is 4. The minimum atomic E-state index is -0.361. The topological polar surface area (TPSA) is 68.8 Å². The van der Waals surface area contributed by atoms with Crippen LogP contribution in [0.3, 0.4) is 0 Å². The molecule has 2 heterocycles. The van der Waals surface area contributed by atoms with E-state index in [0.29, 0.717) is 23.8 Å². The fourth-order valence-electron chi connectivity index (χ4n) is 2.99. The van der Waals surface area contributed by atoms with E-state index in [9.17, 15) is 4.39 Å². The van der Waals surface area contributed by atoms with Crippen molar-refractivity contribution in [1.29, 1.82) is 0 Å². The zero-order chi connectivity index (χ0) is 18.4. The van der Waals surface area contributed by atoms with Crippen molar-refractivity contribution in [3.63, 3.8) is 0 Å². The minimum absolute atomic E-state index is 0.0929. The normalized spacial score (nSPS) is 13.4. The summed E-state index contributed by atoms with van der Waals surface area (Å²) < 4.78 is 16.3. The van der Waals surface area contributed by atoms with Crippen molar-refractivity contribution in [2.75, 3.05) is 17.6 Å². The van der Waals surface area contributed by atoms with Crippen molar-refractivity contribution in [2.24, 2.45) is 5.92 Å². The summed E-state index contributed by atoms with van der Waals surface area (Å²) in [5, 5.41) is 3.31. The van der Waals surface area contributed by atoms with Crippen molar-refractivity contribution >= 4 is 22.8 Å². The smallest absolute Gasteiger partial charge is 0.222 e. The number of aromatic nitrogens is 3. The molecule has 2 rings (SSSR count). The molecule has 0 aromatic carbocycles. The Hall–Kier alpha value is -2.11. The van der Waals surface area contributed by atoms with Crippen LogP contribution in [0.4, 0.5) is 16.2 Å². The number of fused-ring (bicyclic) bond motifs is 1. The second kappa shape index (κ2) is 8.83. The number of nitrogens with one attached hydrogen (secondary N) is 1. The van der Waals surface area contributed by atoms with Crippen molar-refractivity contribution < 1.29 is 4.39 Å². The van der Waals surface area contributed by atoms with Crippen molar-refractivity contribution in [1.82, 2.24) is 14.5 Å². The number of anilines is 2. The average molecular weight is 347 g/mol. The molecule has 1 atom stereocenters. The van der Waals surface area contributed by atoms with Gasteiger partial charge in [-0.15, -0.1) is 0 Å². The van der Waals surface area contributed by atoms with Crippen LogP contribution in [0.15, 0.2) is 17.8 Å². The van der Waals surface area contributed by atoms with Crippen molar-refractivity contribution in [3.8, 4) is 0 Å². The minimum Gasteiger partial charge on any atom is -0.368 e. The molecule has 2 aromatic rings. The molecule has 0 aliphatic carbocycles. The third-order valence-corrected chi connectivity index (χ3v) is 4.73. The molecule has 6 heteroatoms. The average Bonchev–Trinajstić information content (AvgIpc) is 2.91. The lowest BCUT2D eigenvalue weighted by Crippen LogP contribution is -2.11. The van der Waals surface area contributed by atoms with Gasteiger partial charge >= 0.3 is 0 Å². The van der Waals surface area contributed by atoms with Gasteiger partial charge in [0.15, 0.2) is 11.6 Å². The van der Waals surface area contributed by atoms with E-state index >= 15 is 0 Å². The lowest BCUT2D eigenvalue weighted by Gasteiger charge is -2.16. The molecule has 0 amide bonds. The molecule has 0 aliphatic rings. The monoisotopic (exact) mass is 347 g/mol. The summed E-state index contributed by atoms with van der Waals surface area (Å²) in [5.41, 5.74) is 8.02. The first-order valence-corrected chi connectivity index (χ1v) is 9.22. The van der Waals surface area contributed by atoms with Gasteiger partial charge in [-0.2, -0.15) is 4.98 Å². The summed E-state index contributed by atoms with van der Waals surface area (Å²) in [6.07, 6.45) is 7.99. The molecule has 0 bridgehead atoms. The Bertz CT molecular complexity index is 735. The van der Waals surface area contributed by atoms with Gasteiger partial charge in [-0.3, -0.25) is 0 Å². The highest BCUT2D eigenvalue weighted by atomic mass is 19.1. The number of halogens is 1. The summed E-state index contributed by atoms with van der Waals surface area (Å²) in [6.45, 7) is 9.95. The maximum atomic E-state index is 14.4. The molecule has 1 unspecified atom stereocenters. The predicted molar refractivity (Wildman–Crippen MR) is 103 cm³/mol. The maximum Gasteiger partial charge on any atom is 0.222 e. The summed E-state index contributed by atoms with van der Waals surface area (Å²) in [6, 6.07) is 0. The molecular formula is C19H30FN5. The van der Waals surface area contributed by atoms with Gasteiger partial charge < -0.3 is 15.6 Å². The molecule has 5 nitrogen and oxygen atoms in total. The van der Waals surface area contributed by atoms with E-state index in [1.165, 1.54) is 11.8 Å². The molecule has 2 aromatic heterocycles. The molecule has 0 fully saturated rings. The number of nitrogen functional groups attached to an aromatic ring is 1. The molecule has 25 heavy (non-hydrogen) atoms. The van der Waals surface area contributed by atoms with Crippen molar-refractivity contribution in [3.05, 3.63) is 23.7 Å². The van der Waals surface area contributed by atoms with Crippen LogP contribution in [-0.2, 0) is 6.54 Å². The number of nitrogens with two attached hydrogens (primary N) is 1. The van der Waals surface area contributed by atoms with E-state index in [1.807, 2.05) is 11.5 Å². The summed E-state index contributed by atoms with van der Waals surface area (Å²) in [5.74, 6) is 0.791. The maximum absolute atomic E-state index is 14.4. The first kappa shape index (κ1) is 19.2. The van der Waals surface area contributed by atoms with E-state index in [2.05, 4.69) is 42.1 Å². The second-order valence-electron chi connectivity index (χ2n) is 6.54. The van der Waals surface area contributed by atoms with Gasteiger partial charge in [0, 0.05) is 19.3 Å². The summed E-state index contributed by atoms with van der Waals surface area (Å²) >= 11 is 0. The Morgan fingerprint density at radius 1 is 1.36 bits per heavy atom. The fraction of sp³-hybridized carbons (Fsp3) is 0.579. The Morgan fingerprint density at radius 3 is 2.76 bits per heavy atom. The van der Waals surface area contributed by atoms with E-state index in [1.54, 1.807) is 0 Å². The molecular weight excluding hydrogens is 317 g/mol. The van der Waals surface area contributed by atoms with E-state index < -0.39 is 0 Å². The first-order chi connectivity index (χ1) is 12.0. The lowest BCUT2D eigenvalue weighted by atomic mass is 9.98. The van der Waals surface area contributed by atoms with Gasteiger partial charge in [0.1, 0.15) is 11.0 Å². The number of hydrogen-bond donors (Lipinski definition) is 2. The van der Waals surface area contributed by atoms with Crippen LogP contribution >= 0.6 is 0 Å². The van der Waals surface area contributed by atoms with Gasteiger partial charge in [-0.1, -0.05) is 45.3 Å². The highest BCUT2D eigenvalue weighted by Crippen LogP contribution is 2.28. The first-order valence-electron chi connectivity index (χ1n) is 9.22. The van der Waals surface area contributed by atoms with Crippen LogP contribution in [0.1, 0.15) is 53.4 Å². The SMILES string of the molecule is CC=C(Cn1cc(F)c2nc(N)nc(NCCCCC)c21)C(C)CC. The zero-order valence-electron chi connectivity index (χ0n) is 15.8. The Kier molecular flexibility index (Phi) is 6.79. The third-order valence-electron chi connectivity index (χ3n) is 4.73. The van der Waals surface area contributed by atoms with E-state index in [4.69, 9.17) is 5.73 Å². The van der Waals surface area contributed by atoms with E-state index in [-0.39, 0.29) is 17.3 Å². The second-order valence-corrected chi connectivity index (χ2v) is 6.54. The Morgan fingerprint density at radius 2 is 2.12 bits per heavy atom. The molecule has 0 saturated heterocycles. The lowest BCUT2D eigenvalue weighted by molar-refractivity contribution is 0.589. The van der Waals surface area contributed by atoms with Gasteiger partial charge in [0.2, 0.25) is 5.95 Å². The fourth-order valence-corrected chi connectivity index (χ4v) is 2.99. The highest BCUT2D eigenvalue weighted by Gasteiger charge is 2.18. The Balaban J connectivity index is 2.40. The summed E-state index contributed by atoms with van der Waals surface area (Å²) in [7, 11) is 0. The number of rotatable bonds is 9. The van der Waals surface area contributed by atoms with Crippen LogP contribution < -0.4 is 11.1 Å². The highest BCUT2D eigenvalue weighted by molar-refractivity contribution is 5.88. The number of allylic oxidation sites excluding steroid dienone is 2.